The molecule has 2 aliphatic carbocycles. The average molecular weight is 761 g/mol. The third-order valence-electron chi connectivity index (χ3n) is 10.6. The number of methoxy groups -OCH3 is 1. The summed E-state index contributed by atoms with van der Waals surface area (Å²) < 4.78 is 16.4. The Morgan fingerprint density at radius 2 is 1.52 bits per heavy atom. The Morgan fingerprint density at radius 3 is 2.07 bits per heavy atom. The average Bonchev–Trinajstić information content (AvgIpc) is 3.77. The van der Waals surface area contributed by atoms with Crippen LogP contribution in [0.4, 0.5) is 4.79 Å². The van der Waals surface area contributed by atoms with Gasteiger partial charge < -0.3 is 29.7 Å². The summed E-state index contributed by atoms with van der Waals surface area (Å²) in [4.78, 5) is 70.9. The number of carbonyl (C=O) groups excluding carboxylic acids is 5. The molecule has 1 fully saturated rings. The van der Waals surface area contributed by atoms with Crippen molar-refractivity contribution in [2.45, 2.75) is 96.9 Å². The molecule has 2 N–H and O–H groups in total. The number of nitrogens with one attached hydrogen (secondary N) is 2. The lowest BCUT2D eigenvalue weighted by molar-refractivity contribution is -0.149. The minimum atomic E-state index is -0.878. The highest BCUT2D eigenvalue weighted by atomic mass is 32.1. The van der Waals surface area contributed by atoms with Gasteiger partial charge in [0.25, 0.3) is 5.91 Å². The smallest absolute Gasteiger partial charge is 0.407 e. The second-order valence-corrected chi connectivity index (χ2v) is 15.8. The first-order chi connectivity index (χ1) is 25.8. The Kier molecular flexibility index (Phi) is 13.5. The number of rotatable bonds is 14. The molecule has 2 aromatic carbocycles. The van der Waals surface area contributed by atoms with Crippen molar-refractivity contribution >= 4 is 41.2 Å². The predicted octanol–water partition coefficient (Wildman–Crippen LogP) is 6.65. The quantitative estimate of drug-likeness (QED) is 0.136. The van der Waals surface area contributed by atoms with E-state index in [4.69, 9.17) is 14.2 Å². The molecule has 3 unspecified atom stereocenters. The molecule has 13 heteroatoms. The Balaban J connectivity index is 1.22. The van der Waals surface area contributed by atoms with E-state index in [0.717, 1.165) is 22.3 Å². The molecule has 1 saturated carbocycles. The van der Waals surface area contributed by atoms with Gasteiger partial charge in [0.2, 0.25) is 5.91 Å². The molecule has 3 atom stereocenters. The maximum Gasteiger partial charge on any atom is 0.407 e. The van der Waals surface area contributed by atoms with Gasteiger partial charge in [0.1, 0.15) is 23.4 Å². The maximum atomic E-state index is 14.1. The SMILES string of the molecule is COC(=O)[C@H]1CC[C@H](NC(=O)c2csc(C(CC(C(C)C)N(C)C(=O)C(NC(=O)OCC3c4ccccc4-c4ccccc43)C(C)C)OC(C)=O)n2)CC1. The van der Waals surface area contributed by atoms with Gasteiger partial charge in [0, 0.05) is 43.8 Å². The van der Waals surface area contributed by atoms with E-state index in [0.29, 0.717) is 30.7 Å². The Morgan fingerprint density at radius 1 is 0.907 bits per heavy atom. The summed E-state index contributed by atoms with van der Waals surface area (Å²) in [5, 5.41) is 7.91. The zero-order chi connectivity index (χ0) is 39.1. The number of hydrogen-bond acceptors (Lipinski definition) is 10. The highest BCUT2D eigenvalue weighted by Crippen LogP contribution is 2.44. The number of hydrogen-bond donors (Lipinski definition) is 2. The van der Waals surface area contributed by atoms with Crippen molar-refractivity contribution in [3.63, 3.8) is 0 Å². The number of amides is 3. The summed E-state index contributed by atoms with van der Waals surface area (Å²) in [7, 11) is 3.07. The highest BCUT2D eigenvalue weighted by molar-refractivity contribution is 7.09. The summed E-state index contributed by atoms with van der Waals surface area (Å²) in [6.45, 7) is 9.10. The van der Waals surface area contributed by atoms with Crippen molar-refractivity contribution < 1.29 is 38.2 Å². The van der Waals surface area contributed by atoms with Gasteiger partial charge in [0.15, 0.2) is 6.10 Å². The first-order valence-corrected chi connectivity index (χ1v) is 19.6. The van der Waals surface area contributed by atoms with Crippen LogP contribution in [0.2, 0.25) is 0 Å². The van der Waals surface area contributed by atoms with Crippen LogP contribution >= 0.6 is 11.3 Å². The van der Waals surface area contributed by atoms with Crippen molar-refractivity contribution in [2.75, 3.05) is 20.8 Å². The summed E-state index contributed by atoms with van der Waals surface area (Å²) in [5.74, 6) is -1.98. The zero-order valence-corrected chi connectivity index (χ0v) is 32.9. The molecule has 0 saturated heterocycles. The van der Waals surface area contributed by atoms with Crippen molar-refractivity contribution in [1.82, 2.24) is 20.5 Å². The van der Waals surface area contributed by atoms with E-state index in [9.17, 15) is 24.0 Å². The van der Waals surface area contributed by atoms with Gasteiger partial charge in [-0.2, -0.15) is 0 Å². The van der Waals surface area contributed by atoms with Crippen molar-refractivity contribution in [3.05, 3.63) is 75.7 Å². The van der Waals surface area contributed by atoms with Gasteiger partial charge in [-0.1, -0.05) is 76.2 Å². The predicted molar refractivity (Wildman–Crippen MR) is 205 cm³/mol. The van der Waals surface area contributed by atoms with E-state index in [-0.39, 0.29) is 66.2 Å². The first-order valence-electron chi connectivity index (χ1n) is 18.7. The number of likely N-dealkylation sites (N-methyl/N-ethyl adjacent to an activating group) is 1. The van der Waals surface area contributed by atoms with Crippen molar-refractivity contribution in [3.8, 4) is 11.1 Å². The van der Waals surface area contributed by atoms with Crippen LogP contribution in [0.5, 0.6) is 0 Å². The summed E-state index contributed by atoms with van der Waals surface area (Å²) >= 11 is 1.21. The molecule has 0 bridgehead atoms. The van der Waals surface area contributed by atoms with Crippen LogP contribution in [-0.4, -0.2) is 78.6 Å². The number of carbonyl (C=O) groups is 5. The zero-order valence-electron chi connectivity index (χ0n) is 32.1. The van der Waals surface area contributed by atoms with Crippen LogP contribution in [0.3, 0.4) is 0 Å². The van der Waals surface area contributed by atoms with Gasteiger partial charge in [-0.05, 0) is 59.8 Å². The normalized spacial score (nSPS) is 18.2. The molecule has 2 aliphatic rings. The number of ether oxygens (including phenoxy) is 3. The van der Waals surface area contributed by atoms with Crippen LogP contribution in [0, 0.1) is 17.8 Å². The lowest BCUT2D eigenvalue weighted by Gasteiger charge is -2.36. The van der Waals surface area contributed by atoms with E-state index in [2.05, 4.69) is 27.8 Å². The molecular weight excluding hydrogens is 709 g/mol. The van der Waals surface area contributed by atoms with E-state index in [1.165, 1.54) is 25.4 Å². The molecular formula is C41H52N4O8S. The van der Waals surface area contributed by atoms with Gasteiger partial charge >= 0.3 is 18.0 Å². The standard InChI is InChI=1S/C41H52N4O8S/c1-23(2)34(20-35(53-25(5)46)38-43-33(22-54-38)37(47)42-27-18-16-26(17-19-27)40(49)51-7)45(6)39(48)36(24(3)4)44-41(50)52-21-32-30-14-10-8-12-28(30)29-13-9-11-15-31(29)32/h8-15,22-24,26-27,32,34-36H,16-21H2,1-7H3,(H,42,47)(H,44,50)/t26-,27-,34?,35?,36?. The number of aromatic nitrogens is 1. The van der Waals surface area contributed by atoms with Gasteiger partial charge in [-0.25, -0.2) is 9.78 Å². The van der Waals surface area contributed by atoms with Crippen molar-refractivity contribution in [1.29, 1.82) is 0 Å². The fourth-order valence-corrected chi connectivity index (χ4v) is 8.44. The molecule has 54 heavy (non-hydrogen) atoms. The van der Waals surface area contributed by atoms with Gasteiger partial charge in [0.05, 0.1) is 13.0 Å². The molecule has 5 rings (SSSR count). The lowest BCUT2D eigenvalue weighted by Crippen LogP contribution is -2.54. The number of fused-ring (bicyclic) bond motifs is 3. The second-order valence-electron chi connectivity index (χ2n) is 14.9. The maximum absolute atomic E-state index is 14.1. The Hall–Kier alpha value is -4.78. The molecule has 0 spiro atoms. The van der Waals surface area contributed by atoms with Crippen LogP contribution in [0.25, 0.3) is 11.1 Å². The third kappa shape index (κ3) is 9.47. The van der Waals surface area contributed by atoms with Crippen LogP contribution < -0.4 is 10.6 Å². The number of thiazole rings is 1. The number of benzene rings is 2. The largest absolute Gasteiger partial charge is 0.469 e. The summed E-state index contributed by atoms with van der Waals surface area (Å²) in [5.41, 5.74) is 4.65. The van der Waals surface area contributed by atoms with E-state index >= 15 is 0 Å². The molecule has 12 nitrogen and oxygen atoms in total. The number of alkyl carbamates (subject to hydrolysis) is 1. The summed E-state index contributed by atoms with van der Waals surface area (Å²) in [6.07, 6.45) is 1.31. The third-order valence-corrected chi connectivity index (χ3v) is 11.5. The number of esters is 2. The minimum Gasteiger partial charge on any atom is -0.469 e. The molecule has 0 aliphatic heterocycles. The van der Waals surface area contributed by atoms with Gasteiger partial charge in [-0.3, -0.25) is 19.2 Å². The van der Waals surface area contributed by atoms with E-state index < -0.39 is 30.3 Å². The molecule has 1 heterocycles. The van der Waals surface area contributed by atoms with E-state index in [1.54, 1.807) is 17.3 Å². The monoisotopic (exact) mass is 760 g/mol. The Bertz CT molecular complexity index is 1770. The minimum absolute atomic E-state index is 0.0675. The molecule has 0 radical (unpaired) electrons. The van der Waals surface area contributed by atoms with Crippen molar-refractivity contribution in [2.24, 2.45) is 17.8 Å². The molecule has 3 aromatic rings. The van der Waals surface area contributed by atoms with Crippen LogP contribution in [0.1, 0.15) is 105 Å². The molecule has 290 valence electrons. The number of nitrogens with zero attached hydrogens (tertiary/aromatic N) is 2. The Labute approximate surface area is 321 Å². The van der Waals surface area contributed by atoms with Crippen LogP contribution in [0.15, 0.2) is 53.9 Å². The topological polar surface area (TPSA) is 153 Å². The highest BCUT2D eigenvalue weighted by Gasteiger charge is 2.36. The fraction of sp³-hybridized carbons (Fsp3) is 0.512. The van der Waals surface area contributed by atoms with Gasteiger partial charge in [-0.15, -0.1) is 11.3 Å². The van der Waals surface area contributed by atoms with E-state index in [1.807, 2.05) is 64.1 Å². The lowest BCUT2D eigenvalue weighted by atomic mass is 9.86. The fourth-order valence-electron chi connectivity index (χ4n) is 7.60. The van der Waals surface area contributed by atoms with Crippen LogP contribution in [-0.2, 0) is 28.6 Å². The summed E-state index contributed by atoms with van der Waals surface area (Å²) in [6, 6.07) is 14.8. The second kappa shape index (κ2) is 18.0. The molecule has 3 amide bonds. The molecule has 1 aromatic heterocycles. The first kappa shape index (κ1) is 40.4.